The molecular formula is C46H61Cl3N3V-3. The Balaban J connectivity index is 0.00000189. The molecule has 0 amide bonds. The van der Waals surface area contributed by atoms with E-state index in [0.29, 0.717) is 23.7 Å². The first-order valence-electron chi connectivity index (χ1n) is 20.4. The largest absolute Gasteiger partial charge is 1.00 e. The van der Waals surface area contributed by atoms with Gasteiger partial charge >= 0.3 is 0 Å². The smallest absolute Gasteiger partial charge is 0.0823 e. The van der Waals surface area contributed by atoms with E-state index < -0.39 is 0 Å². The van der Waals surface area contributed by atoms with Crippen LogP contribution in [0.1, 0.15) is 202 Å². The molecule has 7 heteroatoms. The van der Waals surface area contributed by atoms with Gasteiger partial charge < -0.3 is 37.2 Å². The van der Waals surface area contributed by atoms with Crippen LogP contribution in [-0.4, -0.2) is 17.4 Å². The molecule has 0 spiro atoms. The van der Waals surface area contributed by atoms with Crippen molar-refractivity contribution in [2.45, 2.75) is 173 Å². The van der Waals surface area contributed by atoms with Gasteiger partial charge in [0.1, 0.15) is 0 Å². The van der Waals surface area contributed by atoms with Crippen LogP contribution in [0.25, 0.3) is 0 Å². The van der Waals surface area contributed by atoms with Gasteiger partial charge in [0.15, 0.2) is 0 Å². The standard InChI is InChI=1S/C46H61N3.3ClH.V/c1-32-24-39(30-47-45-41(35-16-8-4-9-17-35)26-33(2)27-42(45)36-18-10-5-11-19-36)49-40(25-32)31-48-46-43(37-20-12-6-13-21-37)28-34(3)29-44(46)38-22-14-7-15-23-38;;;;/h24-31,35-38H,4-23H2,1-3H3;3*1H;/p-3. The maximum atomic E-state index is 5.40. The van der Waals surface area contributed by atoms with E-state index in [-0.39, 0.29) is 55.8 Å². The number of aryl methyl sites for hydroxylation is 3. The van der Waals surface area contributed by atoms with Crippen LogP contribution in [-0.2, 0) is 18.6 Å². The van der Waals surface area contributed by atoms with Crippen molar-refractivity contribution in [3.8, 4) is 0 Å². The van der Waals surface area contributed by atoms with Crippen LogP contribution in [0, 0.1) is 20.8 Å². The van der Waals surface area contributed by atoms with Gasteiger partial charge in [-0.05, 0) is 136 Å². The Hall–Kier alpha value is -1.62. The topological polar surface area (TPSA) is 37.6 Å². The molecule has 0 atom stereocenters. The van der Waals surface area contributed by atoms with Crippen molar-refractivity contribution in [3.63, 3.8) is 0 Å². The van der Waals surface area contributed by atoms with Gasteiger partial charge in [-0.15, -0.1) is 0 Å². The minimum Gasteiger partial charge on any atom is -1.00 e. The molecule has 3 aromatic rings. The van der Waals surface area contributed by atoms with E-state index in [9.17, 15) is 0 Å². The third-order valence-corrected chi connectivity index (χ3v) is 12.5. The molecule has 7 rings (SSSR count). The Morgan fingerprint density at radius 2 is 0.660 bits per heavy atom. The Morgan fingerprint density at radius 3 is 0.925 bits per heavy atom. The third-order valence-electron chi connectivity index (χ3n) is 12.5. The Kier molecular flexibility index (Phi) is 19.2. The summed E-state index contributed by atoms with van der Waals surface area (Å²) in [5, 5.41) is 0. The summed E-state index contributed by atoms with van der Waals surface area (Å²) in [7, 11) is 0. The first kappa shape index (κ1) is 45.8. The molecule has 289 valence electrons. The zero-order valence-electron chi connectivity index (χ0n) is 32.5. The van der Waals surface area contributed by atoms with Gasteiger partial charge in [-0.3, -0.25) is 9.98 Å². The van der Waals surface area contributed by atoms with Gasteiger partial charge in [-0.2, -0.15) is 0 Å². The second-order valence-electron chi connectivity index (χ2n) is 16.4. The molecule has 0 N–H and O–H groups in total. The Bertz CT molecular complexity index is 1450. The van der Waals surface area contributed by atoms with Crippen LogP contribution in [0.15, 0.2) is 46.4 Å². The average Bonchev–Trinajstić information content (AvgIpc) is 3.14. The minimum atomic E-state index is 0. The van der Waals surface area contributed by atoms with Crippen LogP contribution in [0.3, 0.4) is 0 Å². The molecule has 0 bridgehead atoms. The fraction of sp³-hybridized carbons (Fsp3) is 0.587. The fourth-order valence-electron chi connectivity index (χ4n) is 9.98. The summed E-state index contributed by atoms with van der Waals surface area (Å²) < 4.78 is 0. The summed E-state index contributed by atoms with van der Waals surface area (Å²) in [6.45, 7) is 6.79. The van der Waals surface area contributed by atoms with Crippen molar-refractivity contribution in [3.05, 3.63) is 86.7 Å². The summed E-state index contributed by atoms with van der Waals surface area (Å²) in [4.78, 5) is 16.0. The van der Waals surface area contributed by atoms with E-state index in [0.717, 1.165) is 11.4 Å². The SMILES string of the molecule is Cc1cc(C=Nc2c(C3CCCCC3)cc(C)cc2C2CCCCC2)nc(C=Nc2c(C3CCCCC3)cc(C)cc2C2CCCCC2)c1.[Cl-].[Cl-].[Cl-].[V]. The maximum absolute atomic E-state index is 5.40. The molecule has 3 nitrogen and oxygen atoms in total. The second-order valence-corrected chi connectivity index (χ2v) is 16.4. The van der Waals surface area contributed by atoms with Gasteiger partial charge in [0.25, 0.3) is 0 Å². The number of benzene rings is 2. The Morgan fingerprint density at radius 1 is 0.415 bits per heavy atom. The third kappa shape index (κ3) is 11.7. The summed E-state index contributed by atoms with van der Waals surface area (Å²) >= 11 is 0. The molecule has 1 aromatic heterocycles. The van der Waals surface area contributed by atoms with Crippen LogP contribution in [0.5, 0.6) is 0 Å². The number of nitrogens with zero attached hydrogens (tertiary/aromatic N) is 3. The molecule has 4 saturated carbocycles. The van der Waals surface area contributed by atoms with Crippen molar-refractivity contribution < 1.29 is 55.8 Å². The molecule has 0 saturated heterocycles. The quantitative estimate of drug-likeness (QED) is 0.304. The minimum absolute atomic E-state index is 0. The molecule has 4 aliphatic carbocycles. The van der Waals surface area contributed by atoms with Gasteiger partial charge in [0.2, 0.25) is 0 Å². The summed E-state index contributed by atoms with van der Waals surface area (Å²) in [5.74, 6) is 2.51. The predicted octanol–water partition coefficient (Wildman–Crippen LogP) is 4.71. The molecule has 4 aliphatic rings. The normalized spacial score (nSPS) is 19.3. The summed E-state index contributed by atoms with van der Waals surface area (Å²) in [5.41, 5.74) is 14.4. The number of pyridine rings is 1. The van der Waals surface area contributed by atoms with Crippen molar-refractivity contribution >= 4 is 23.8 Å². The van der Waals surface area contributed by atoms with Crippen molar-refractivity contribution in [1.29, 1.82) is 0 Å². The van der Waals surface area contributed by atoms with E-state index in [2.05, 4.69) is 69.6 Å². The van der Waals surface area contributed by atoms with E-state index in [1.54, 1.807) is 0 Å². The molecule has 1 radical (unpaired) electrons. The van der Waals surface area contributed by atoms with Crippen LogP contribution in [0.2, 0.25) is 0 Å². The zero-order valence-corrected chi connectivity index (χ0v) is 36.2. The van der Waals surface area contributed by atoms with Gasteiger partial charge in [0.05, 0.1) is 35.2 Å². The van der Waals surface area contributed by atoms with E-state index in [1.807, 2.05) is 0 Å². The van der Waals surface area contributed by atoms with Gasteiger partial charge in [-0.1, -0.05) is 112 Å². The molecule has 0 aliphatic heterocycles. The van der Waals surface area contributed by atoms with E-state index in [4.69, 9.17) is 15.0 Å². The molecule has 2 aromatic carbocycles. The first-order chi connectivity index (χ1) is 24.0. The van der Waals surface area contributed by atoms with E-state index >= 15 is 0 Å². The van der Waals surface area contributed by atoms with Crippen molar-refractivity contribution in [2.75, 3.05) is 0 Å². The molecule has 0 unspecified atom stereocenters. The number of hydrogen-bond acceptors (Lipinski definition) is 3. The zero-order chi connectivity index (χ0) is 33.6. The fourth-order valence-corrected chi connectivity index (χ4v) is 9.98. The van der Waals surface area contributed by atoms with Crippen LogP contribution >= 0.6 is 0 Å². The molecule has 1 heterocycles. The number of halogens is 3. The maximum Gasteiger partial charge on any atom is 0.0823 e. The first-order valence-corrected chi connectivity index (χ1v) is 20.4. The predicted molar refractivity (Wildman–Crippen MR) is 209 cm³/mol. The van der Waals surface area contributed by atoms with Crippen LogP contribution in [0.4, 0.5) is 11.4 Å². The van der Waals surface area contributed by atoms with Gasteiger partial charge in [-0.25, -0.2) is 4.98 Å². The van der Waals surface area contributed by atoms with Crippen LogP contribution < -0.4 is 37.2 Å². The number of rotatable bonds is 8. The van der Waals surface area contributed by atoms with Gasteiger partial charge in [0, 0.05) is 18.6 Å². The monoisotopic (exact) mass is 811 g/mol. The van der Waals surface area contributed by atoms with Crippen molar-refractivity contribution in [2.24, 2.45) is 9.98 Å². The number of aliphatic imine (C=N–C) groups is 2. The van der Waals surface area contributed by atoms with E-state index in [1.165, 1.54) is 179 Å². The Labute approximate surface area is 352 Å². The number of aromatic nitrogens is 1. The molecule has 53 heavy (non-hydrogen) atoms. The molecule has 4 fully saturated rings. The summed E-state index contributed by atoms with van der Waals surface area (Å²) in [6, 6.07) is 14.3. The number of hydrogen-bond donors (Lipinski definition) is 0. The summed E-state index contributed by atoms with van der Waals surface area (Å²) in [6.07, 6.45) is 30.7. The average molecular weight is 813 g/mol. The molecular weight excluding hydrogens is 752 g/mol. The second kappa shape index (κ2) is 22.2. The van der Waals surface area contributed by atoms with Crippen molar-refractivity contribution in [1.82, 2.24) is 4.98 Å².